The Balaban J connectivity index is 1.43. The number of nitrogens with zero attached hydrogens (tertiary/aromatic N) is 3. The second-order valence-corrected chi connectivity index (χ2v) is 8.97. The fourth-order valence-corrected chi connectivity index (χ4v) is 4.75. The van der Waals surface area contributed by atoms with Crippen LogP contribution in [-0.4, -0.2) is 26.0 Å². The summed E-state index contributed by atoms with van der Waals surface area (Å²) in [7, 11) is 0. The Hall–Kier alpha value is -3.85. The van der Waals surface area contributed by atoms with E-state index >= 15 is 0 Å². The lowest BCUT2D eigenvalue weighted by molar-refractivity contribution is -0.116. The molecule has 2 heterocycles. The van der Waals surface area contributed by atoms with Gasteiger partial charge in [0.1, 0.15) is 23.4 Å². The quantitative estimate of drug-likeness (QED) is 0.421. The number of rotatable bonds is 6. The predicted octanol–water partition coefficient (Wildman–Crippen LogP) is 4.70. The van der Waals surface area contributed by atoms with Gasteiger partial charge in [0.15, 0.2) is 5.82 Å². The molecule has 0 aliphatic carbocycles. The highest BCUT2D eigenvalue weighted by atomic mass is 32.2. The van der Waals surface area contributed by atoms with E-state index in [1.807, 2.05) is 61.5 Å². The molecule has 4 aromatic rings. The topological polar surface area (TPSA) is 81.1 Å². The summed E-state index contributed by atoms with van der Waals surface area (Å²) in [6.45, 7) is 2.21. The zero-order chi connectivity index (χ0) is 23.5. The molecule has 0 fully saturated rings. The number of fused-ring (bicyclic) bond motifs is 1. The van der Waals surface area contributed by atoms with Gasteiger partial charge in [-0.15, -0.1) is 10.2 Å². The highest BCUT2D eigenvalue weighted by Crippen LogP contribution is 2.38. The van der Waals surface area contributed by atoms with Crippen molar-refractivity contribution in [2.24, 2.45) is 0 Å². The van der Waals surface area contributed by atoms with Crippen LogP contribution in [0, 0.1) is 12.7 Å². The number of thioether (sulfide) groups is 1. The number of carbonyl (C=O) groups is 1. The van der Waals surface area contributed by atoms with E-state index in [1.54, 1.807) is 16.8 Å². The van der Waals surface area contributed by atoms with E-state index in [-0.39, 0.29) is 18.2 Å². The maximum atomic E-state index is 14.2. The van der Waals surface area contributed by atoms with Crippen LogP contribution in [0.1, 0.15) is 23.0 Å². The van der Waals surface area contributed by atoms with E-state index < -0.39 is 17.1 Å². The maximum Gasteiger partial charge on any atom is 0.240 e. The molecule has 0 bridgehead atoms. The van der Waals surface area contributed by atoms with Crippen LogP contribution < -0.4 is 15.5 Å². The Morgan fingerprint density at radius 3 is 2.56 bits per heavy atom. The average molecular weight is 476 g/mol. The number of aryl methyl sites for hydroxylation is 1. The van der Waals surface area contributed by atoms with Crippen LogP contribution in [0.4, 0.5) is 10.1 Å². The van der Waals surface area contributed by atoms with Gasteiger partial charge < -0.3 is 15.5 Å². The summed E-state index contributed by atoms with van der Waals surface area (Å²) in [4.78, 5) is 13.3. The molecule has 0 saturated heterocycles. The van der Waals surface area contributed by atoms with Gasteiger partial charge in [0.25, 0.3) is 0 Å². The van der Waals surface area contributed by atoms with Crippen LogP contribution in [0.3, 0.4) is 0 Å². The van der Waals surface area contributed by atoms with Crippen molar-refractivity contribution in [2.75, 3.05) is 10.7 Å². The summed E-state index contributed by atoms with van der Waals surface area (Å²) in [5.74, 6) is 0.487. The minimum Gasteiger partial charge on any atom is -0.486 e. The van der Waals surface area contributed by atoms with Crippen LogP contribution in [0.2, 0.25) is 0 Å². The van der Waals surface area contributed by atoms with Gasteiger partial charge in [-0.3, -0.25) is 4.79 Å². The van der Waals surface area contributed by atoms with E-state index in [0.717, 1.165) is 16.9 Å². The zero-order valence-corrected chi connectivity index (χ0v) is 19.1. The Morgan fingerprint density at radius 1 is 1.06 bits per heavy atom. The number of nitrogens with one attached hydrogen (secondary N) is 2. The molecule has 5 rings (SSSR count). The van der Waals surface area contributed by atoms with E-state index in [2.05, 4.69) is 20.9 Å². The number of amides is 1. The van der Waals surface area contributed by atoms with Gasteiger partial charge in [0.05, 0.1) is 11.7 Å². The van der Waals surface area contributed by atoms with Gasteiger partial charge in [0, 0.05) is 0 Å². The molecule has 0 unspecified atom stereocenters. The van der Waals surface area contributed by atoms with Crippen LogP contribution in [-0.2, 0) is 11.4 Å². The highest BCUT2D eigenvalue weighted by Gasteiger charge is 2.38. The molecular formula is C25H22FN5O2S. The number of halogens is 1. The van der Waals surface area contributed by atoms with Gasteiger partial charge in [-0.2, -0.15) is 0 Å². The van der Waals surface area contributed by atoms with E-state index in [4.69, 9.17) is 4.74 Å². The molecule has 1 aliphatic heterocycles. The predicted molar refractivity (Wildman–Crippen MR) is 129 cm³/mol. The Bertz CT molecular complexity index is 1300. The summed E-state index contributed by atoms with van der Waals surface area (Å²) in [6, 6.07) is 23.1. The molecule has 3 aromatic carbocycles. The van der Waals surface area contributed by atoms with Crippen molar-refractivity contribution in [3.8, 4) is 5.75 Å². The van der Waals surface area contributed by atoms with Gasteiger partial charge in [-0.05, 0) is 36.8 Å². The molecule has 1 aliphatic rings. The monoisotopic (exact) mass is 475 g/mol. The van der Waals surface area contributed by atoms with Gasteiger partial charge in [-0.1, -0.05) is 71.9 Å². The van der Waals surface area contributed by atoms with Gasteiger partial charge in [-0.25, -0.2) is 9.07 Å². The van der Waals surface area contributed by atoms with Gasteiger partial charge in [0.2, 0.25) is 11.1 Å². The molecule has 172 valence electrons. The van der Waals surface area contributed by atoms with Crippen molar-refractivity contribution in [3.05, 3.63) is 102 Å². The van der Waals surface area contributed by atoms with Crippen molar-refractivity contribution in [1.82, 2.24) is 14.9 Å². The smallest absolute Gasteiger partial charge is 0.240 e. The Labute approximate surface area is 200 Å². The third-order valence-electron chi connectivity index (χ3n) is 5.44. The lowest BCUT2D eigenvalue weighted by Gasteiger charge is -2.33. The zero-order valence-electron chi connectivity index (χ0n) is 18.3. The second kappa shape index (κ2) is 9.56. The summed E-state index contributed by atoms with van der Waals surface area (Å²) >= 11 is 1.28. The number of anilines is 1. The van der Waals surface area contributed by atoms with Crippen LogP contribution in [0.5, 0.6) is 5.75 Å². The molecule has 9 heteroatoms. The Kier molecular flexibility index (Phi) is 6.18. The first kappa shape index (κ1) is 22.0. The number of hydrogen-bond donors (Lipinski definition) is 2. The fourth-order valence-electron chi connectivity index (χ4n) is 3.65. The van der Waals surface area contributed by atoms with Crippen LogP contribution >= 0.6 is 11.8 Å². The molecule has 0 spiro atoms. The number of ether oxygens (including phenoxy) is 1. The number of para-hydroxylation sites is 2. The van der Waals surface area contributed by atoms with Crippen molar-refractivity contribution in [2.45, 2.75) is 30.0 Å². The first-order valence-electron chi connectivity index (χ1n) is 10.8. The van der Waals surface area contributed by atoms with Crippen molar-refractivity contribution in [3.63, 3.8) is 0 Å². The minimum absolute atomic E-state index is 0.139. The molecular weight excluding hydrogens is 453 g/mol. The number of carbonyl (C=O) groups excluding carboxylic acids is 1. The molecule has 1 amide bonds. The molecule has 1 aromatic heterocycles. The first-order chi connectivity index (χ1) is 16.6. The molecule has 7 nitrogen and oxygen atoms in total. The largest absolute Gasteiger partial charge is 0.486 e. The molecule has 2 atom stereocenters. The van der Waals surface area contributed by atoms with Crippen LogP contribution in [0.15, 0.2) is 84.0 Å². The summed E-state index contributed by atoms with van der Waals surface area (Å²) < 4.78 is 21.8. The maximum absolute atomic E-state index is 14.2. The van der Waals surface area contributed by atoms with E-state index in [0.29, 0.717) is 11.0 Å². The first-order valence-corrected chi connectivity index (χ1v) is 11.6. The molecule has 0 saturated carbocycles. The fraction of sp³-hybridized carbons (Fsp3) is 0.160. The summed E-state index contributed by atoms with van der Waals surface area (Å²) in [6.07, 6.45) is 0. The van der Waals surface area contributed by atoms with Crippen molar-refractivity contribution >= 4 is 23.4 Å². The van der Waals surface area contributed by atoms with Crippen LogP contribution in [0.25, 0.3) is 0 Å². The third kappa shape index (κ3) is 4.60. The highest BCUT2D eigenvalue weighted by molar-refractivity contribution is 8.00. The Morgan fingerprint density at radius 2 is 1.79 bits per heavy atom. The molecule has 2 N–H and O–H groups in total. The van der Waals surface area contributed by atoms with Gasteiger partial charge >= 0.3 is 0 Å². The minimum atomic E-state index is -0.609. The number of aromatic nitrogens is 3. The van der Waals surface area contributed by atoms with E-state index in [9.17, 15) is 9.18 Å². The van der Waals surface area contributed by atoms with E-state index in [1.165, 1.54) is 23.9 Å². The van der Waals surface area contributed by atoms with Crippen molar-refractivity contribution < 1.29 is 13.9 Å². The lowest BCUT2D eigenvalue weighted by Crippen LogP contribution is -2.41. The third-order valence-corrected chi connectivity index (χ3v) is 6.66. The molecule has 0 radical (unpaired) electrons. The standard InChI is InChI=1S/C25H22FN5O2S/c1-16-11-13-17(14-12-16)22-23(24(32)27-20-10-6-5-9-19(20)26)34-25-29-28-21(31(25)30-22)15-33-18-7-3-2-4-8-18/h2-14,22-23,30H,15H2,1H3,(H,27,32)/t22-,23-/m1/s1. The lowest BCUT2D eigenvalue weighted by atomic mass is 10.0. The number of benzene rings is 3. The summed E-state index contributed by atoms with van der Waals surface area (Å²) in [5.41, 5.74) is 5.55. The SMILES string of the molecule is Cc1ccc([C@H]2Nn3c(COc4ccccc4)nnc3S[C@H]2C(=O)Nc2ccccc2F)cc1. The molecule has 34 heavy (non-hydrogen) atoms. The van der Waals surface area contributed by atoms with Crippen molar-refractivity contribution in [1.29, 1.82) is 0 Å². The normalized spacial score (nSPS) is 16.9. The second-order valence-electron chi connectivity index (χ2n) is 7.86. The summed E-state index contributed by atoms with van der Waals surface area (Å²) in [5, 5.41) is 11.1. The number of hydrogen-bond acceptors (Lipinski definition) is 6. The average Bonchev–Trinajstić information content (AvgIpc) is 3.26.